The zero-order valence-corrected chi connectivity index (χ0v) is 25.5. The third-order valence-electron chi connectivity index (χ3n) is 8.84. The number of anilines is 1. The Morgan fingerprint density at radius 1 is 0.913 bits per heavy atom. The van der Waals surface area contributed by atoms with Crippen LogP contribution in [0, 0.1) is 0 Å². The molecule has 242 valence electrons. The second-order valence-electron chi connectivity index (χ2n) is 11.9. The van der Waals surface area contributed by atoms with Gasteiger partial charge in [-0.2, -0.15) is 0 Å². The van der Waals surface area contributed by atoms with Gasteiger partial charge in [0.1, 0.15) is 12.6 Å². The molecule has 3 aliphatic rings. The van der Waals surface area contributed by atoms with Crippen LogP contribution in [-0.4, -0.2) is 70.9 Å². The summed E-state index contributed by atoms with van der Waals surface area (Å²) in [6.07, 6.45) is 0.545. The molecule has 46 heavy (non-hydrogen) atoms. The van der Waals surface area contributed by atoms with Gasteiger partial charge in [-0.3, -0.25) is 14.5 Å². The minimum absolute atomic E-state index is 0.0405. The zero-order chi connectivity index (χ0) is 32.0. The number of aliphatic hydroxyl groups excluding tert-OH is 2. The van der Waals surface area contributed by atoms with Gasteiger partial charge in [-0.1, -0.05) is 66.7 Å². The number of rotatable bonds is 10. The number of carbonyl (C=O) groups excluding carboxylic acids is 3. The van der Waals surface area contributed by atoms with E-state index in [1.54, 1.807) is 24.3 Å². The summed E-state index contributed by atoms with van der Waals surface area (Å²) in [5.41, 5.74) is 3.70. The molecule has 0 saturated carbocycles. The van der Waals surface area contributed by atoms with Crippen molar-refractivity contribution in [1.82, 2.24) is 10.2 Å². The highest BCUT2D eigenvalue weighted by Crippen LogP contribution is 2.39. The number of aliphatic hydroxyl groups is 2. The highest BCUT2D eigenvalue weighted by Gasteiger charge is 2.41. The van der Waals surface area contributed by atoms with Crippen LogP contribution in [-0.2, 0) is 37.0 Å². The lowest BCUT2D eigenvalue weighted by atomic mass is 9.99. The van der Waals surface area contributed by atoms with Crippen molar-refractivity contribution in [3.8, 4) is 0 Å². The van der Waals surface area contributed by atoms with Crippen LogP contribution < -0.4 is 10.2 Å². The smallest absolute Gasteiger partial charge is 0.408 e. The monoisotopic (exact) mass is 629 g/mol. The predicted octanol–water partition coefficient (Wildman–Crippen LogP) is 3.74. The molecule has 3 aromatic rings. The van der Waals surface area contributed by atoms with Crippen molar-refractivity contribution < 1.29 is 38.8 Å². The summed E-state index contributed by atoms with van der Waals surface area (Å²) in [4.78, 5) is 41.7. The van der Waals surface area contributed by atoms with Crippen LogP contribution in [0.25, 0.3) is 0 Å². The summed E-state index contributed by atoms with van der Waals surface area (Å²) in [6.45, 7) is 1.68. The summed E-state index contributed by atoms with van der Waals surface area (Å²) in [7, 11) is 0. The minimum atomic E-state index is -1.02. The molecule has 0 bridgehead atoms. The molecule has 11 heteroatoms. The first-order chi connectivity index (χ1) is 22.4. The number of ether oxygens (including phenoxy) is 3. The van der Waals surface area contributed by atoms with Crippen molar-refractivity contribution >= 4 is 23.6 Å². The Balaban J connectivity index is 1.13. The molecular weight excluding hydrogens is 590 g/mol. The summed E-state index contributed by atoms with van der Waals surface area (Å²) in [5, 5.41) is 21.8. The molecule has 0 spiro atoms. The van der Waals surface area contributed by atoms with Gasteiger partial charge in [-0.05, 0) is 48.2 Å². The van der Waals surface area contributed by atoms with E-state index in [9.17, 15) is 24.6 Å². The van der Waals surface area contributed by atoms with E-state index in [4.69, 9.17) is 14.2 Å². The van der Waals surface area contributed by atoms with E-state index >= 15 is 0 Å². The number of carbonyl (C=O) groups is 3. The highest BCUT2D eigenvalue weighted by atomic mass is 16.7. The van der Waals surface area contributed by atoms with Gasteiger partial charge in [-0.25, -0.2) is 9.69 Å². The molecule has 3 heterocycles. The molecule has 3 aromatic carbocycles. The molecule has 0 radical (unpaired) electrons. The third-order valence-corrected chi connectivity index (χ3v) is 8.84. The van der Waals surface area contributed by atoms with Crippen molar-refractivity contribution in [2.24, 2.45) is 0 Å². The first-order valence-electron chi connectivity index (χ1n) is 15.7. The lowest BCUT2D eigenvalue weighted by molar-refractivity contribution is -0.253. The molecule has 0 aliphatic carbocycles. The van der Waals surface area contributed by atoms with Crippen LogP contribution in [0.5, 0.6) is 0 Å². The van der Waals surface area contributed by atoms with Gasteiger partial charge in [0.05, 0.1) is 37.5 Å². The standard InChI is InChI=1S/C35H39N3O8/c39-20-23-8-10-25(11-9-23)31-17-29(19-37-16-4-7-28(37)21-40)45-34(46-31)26-12-14-27(15-13-26)38-32(41)18-30(33(38)42)36-35(43)44-22-24-5-2-1-3-6-24/h1-3,5-6,8-15,28-31,34,39-40H,4,7,16-22H2,(H,36,43)/t28-,29-,30?,31+,34+/m0/s1. The summed E-state index contributed by atoms with van der Waals surface area (Å²) >= 11 is 0. The van der Waals surface area contributed by atoms with Crippen LogP contribution in [0.2, 0.25) is 0 Å². The quantitative estimate of drug-likeness (QED) is 0.287. The Morgan fingerprint density at radius 3 is 2.37 bits per heavy atom. The average molecular weight is 630 g/mol. The van der Waals surface area contributed by atoms with Crippen molar-refractivity contribution in [2.75, 3.05) is 24.6 Å². The maximum atomic E-state index is 13.2. The SMILES string of the molecule is O=C(NC1CC(=O)N(c2ccc([C@@H]3O[C@H](CN4CCC[C@H]4CO)C[C@H](c4ccc(CO)cc4)O3)cc2)C1=O)OCc1ccccc1. The summed E-state index contributed by atoms with van der Waals surface area (Å²) < 4.78 is 18.1. The number of imide groups is 1. The number of hydrogen-bond acceptors (Lipinski definition) is 9. The molecule has 11 nitrogen and oxygen atoms in total. The fourth-order valence-corrected chi connectivity index (χ4v) is 6.34. The normalized spacial score (nSPS) is 25.2. The number of likely N-dealkylation sites (tertiary alicyclic amines) is 1. The number of nitrogens with zero attached hydrogens (tertiary/aromatic N) is 2. The molecule has 3 aliphatic heterocycles. The van der Waals surface area contributed by atoms with Gasteiger partial charge in [0.25, 0.3) is 5.91 Å². The first-order valence-corrected chi connectivity index (χ1v) is 15.7. The Hall–Kier alpha value is -4.13. The van der Waals surface area contributed by atoms with Gasteiger partial charge in [0.15, 0.2) is 6.29 Å². The fourth-order valence-electron chi connectivity index (χ4n) is 6.34. The van der Waals surface area contributed by atoms with Crippen molar-refractivity contribution in [2.45, 2.75) is 69.5 Å². The second kappa shape index (κ2) is 14.5. The molecule has 3 fully saturated rings. The second-order valence-corrected chi connectivity index (χ2v) is 11.9. The Kier molecular flexibility index (Phi) is 10.1. The molecule has 5 atom stereocenters. The Bertz CT molecular complexity index is 1500. The van der Waals surface area contributed by atoms with Crippen LogP contribution in [0.3, 0.4) is 0 Å². The molecule has 3 amide bonds. The van der Waals surface area contributed by atoms with Gasteiger partial charge in [0.2, 0.25) is 5.91 Å². The largest absolute Gasteiger partial charge is 0.445 e. The highest BCUT2D eigenvalue weighted by molar-refractivity contribution is 6.22. The van der Waals surface area contributed by atoms with E-state index < -0.39 is 30.2 Å². The van der Waals surface area contributed by atoms with Crippen LogP contribution in [0.15, 0.2) is 78.9 Å². The fraction of sp³-hybridized carbons (Fsp3) is 0.400. The van der Waals surface area contributed by atoms with E-state index in [2.05, 4.69) is 10.2 Å². The van der Waals surface area contributed by atoms with Crippen molar-refractivity contribution in [3.63, 3.8) is 0 Å². The number of hydrogen-bond donors (Lipinski definition) is 3. The molecule has 3 N–H and O–H groups in total. The van der Waals surface area contributed by atoms with Gasteiger partial charge >= 0.3 is 6.09 Å². The number of nitrogens with one attached hydrogen (secondary N) is 1. The van der Waals surface area contributed by atoms with Gasteiger partial charge in [0, 0.05) is 24.6 Å². The predicted molar refractivity (Wildman–Crippen MR) is 167 cm³/mol. The molecule has 6 rings (SSSR count). The maximum absolute atomic E-state index is 13.2. The van der Waals surface area contributed by atoms with E-state index in [0.717, 1.165) is 46.5 Å². The van der Waals surface area contributed by atoms with Crippen LogP contribution in [0.4, 0.5) is 10.5 Å². The first kappa shape index (κ1) is 31.8. The zero-order valence-electron chi connectivity index (χ0n) is 25.5. The van der Waals surface area contributed by atoms with Gasteiger partial charge < -0.3 is 29.7 Å². The maximum Gasteiger partial charge on any atom is 0.408 e. The summed E-state index contributed by atoms with van der Waals surface area (Å²) in [5.74, 6) is -0.957. The molecule has 3 saturated heterocycles. The van der Waals surface area contributed by atoms with Crippen molar-refractivity contribution in [3.05, 3.63) is 101 Å². The van der Waals surface area contributed by atoms with E-state index in [1.165, 1.54) is 0 Å². The molecule has 1 unspecified atom stereocenters. The van der Waals surface area contributed by atoms with Crippen molar-refractivity contribution in [1.29, 1.82) is 0 Å². The average Bonchev–Trinajstić information content (AvgIpc) is 3.66. The van der Waals surface area contributed by atoms with Crippen LogP contribution >= 0.6 is 0 Å². The third kappa shape index (κ3) is 7.30. The topological polar surface area (TPSA) is 138 Å². The van der Waals surface area contributed by atoms with E-state index in [1.807, 2.05) is 54.6 Å². The number of benzene rings is 3. The molecule has 0 aromatic heterocycles. The minimum Gasteiger partial charge on any atom is -0.445 e. The van der Waals surface area contributed by atoms with E-state index in [-0.39, 0.29) is 44.5 Å². The lowest BCUT2D eigenvalue weighted by Crippen LogP contribution is -2.42. The summed E-state index contributed by atoms with van der Waals surface area (Å²) in [6, 6.07) is 22.8. The lowest BCUT2D eigenvalue weighted by Gasteiger charge is -2.38. The number of alkyl carbamates (subject to hydrolysis) is 1. The molecular formula is C35H39N3O8. The Morgan fingerprint density at radius 2 is 1.65 bits per heavy atom. The van der Waals surface area contributed by atoms with E-state index in [0.29, 0.717) is 18.7 Å². The van der Waals surface area contributed by atoms with Crippen LogP contribution in [0.1, 0.15) is 60.3 Å². The number of amides is 3. The van der Waals surface area contributed by atoms with Gasteiger partial charge in [-0.15, -0.1) is 0 Å². The Labute approximate surface area is 267 Å².